The third-order valence-corrected chi connectivity index (χ3v) is 3.86. The van der Waals surface area contributed by atoms with Crippen molar-refractivity contribution in [2.24, 2.45) is 0 Å². The Morgan fingerprint density at radius 2 is 1.76 bits per heavy atom. The molecule has 0 saturated heterocycles. The molecule has 0 heterocycles. The molecule has 0 bridgehead atoms. The highest BCUT2D eigenvalue weighted by atomic mass is 19.1. The lowest BCUT2D eigenvalue weighted by atomic mass is 10.0. The van der Waals surface area contributed by atoms with E-state index in [1.54, 1.807) is 6.07 Å². The van der Waals surface area contributed by atoms with Gasteiger partial charge in [-0.3, -0.25) is 0 Å². The predicted molar refractivity (Wildman–Crippen MR) is 84.6 cm³/mol. The lowest BCUT2D eigenvalue weighted by Gasteiger charge is -2.18. The SMILES string of the molecule is CNC(C)c1cc(F)ccc1Oc1cc(C)cc(C)c1C. The number of nitrogens with one attached hydrogen (secondary N) is 1. The van der Waals surface area contributed by atoms with Gasteiger partial charge in [-0.1, -0.05) is 6.07 Å². The molecule has 1 N–H and O–H groups in total. The van der Waals surface area contributed by atoms with E-state index in [-0.39, 0.29) is 11.9 Å². The third kappa shape index (κ3) is 3.42. The molecule has 0 aromatic heterocycles. The largest absolute Gasteiger partial charge is 0.457 e. The normalized spacial score (nSPS) is 12.3. The first-order chi connectivity index (χ1) is 9.92. The zero-order valence-electron chi connectivity index (χ0n) is 13.3. The maximum Gasteiger partial charge on any atom is 0.132 e. The van der Waals surface area contributed by atoms with E-state index in [2.05, 4.69) is 18.3 Å². The molecule has 0 amide bonds. The summed E-state index contributed by atoms with van der Waals surface area (Å²) in [5.74, 6) is 1.26. The molecule has 1 unspecified atom stereocenters. The van der Waals surface area contributed by atoms with Crippen LogP contribution in [0.2, 0.25) is 0 Å². The van der Waals surface area contributed by atoms with Crippen LogP contribution in [0.25, 0.3) is 0 Å². The number of hydrogen-bond donors (Lipinski definition) is 1. The fourth-order valence-electron chi connectivity index (χ4n) is 2.33. The Hall–Kier alpha value is -1.87. The molecule has 2 nitrogen and oxygen atoms in total. The number of hydrogen-bond acceptors (Lipinski definition) is 2. The fourth-order valence-corrected chi connectivity index (χ4v) is 2.33. The van der Waals surface area contributed by atoms with Crippen LogP contribution in [0.1, 0.15) is 35.2 Å². The molecular weight excluding hydrogens is 265 g/mol. The first kappa shape index (κ1) is 15.5. The van der Waals surface area contributed by atoms with Gasteiger partial charge in [0.15, 0.2) is 0 Å². The van der Waals surface area contributed by atoms with E-state index in [1.165, 1.54) is 17.7 Å². The van der Waals surface area contributed by atoms with E-state index >= 15 is 0 Å². The maximum atomic E-state index is 13.5. The Balaban J connectivity index is 2.45. The summed E-state index contributed by atoms with van der Waals surface area (Å²) in [4.78, 5) is 0. The van der Waals surface area contributed by atoms with Crippen molar-refractivity contribution in [2.45, 2.75) is 33.7 Å². The molecule has 21 heavy (non-hydrogen) atoms. The molecule has 0 radical (unpaired) electrons. The van der Waals surface area contributed by atoms with Crippen molar-refractivity contribution >= 4 is 0 Å². The van der Waals surface area contributed by atoms with Crippen LogP contribution in [-0.4, -0.2) is 7.05 Å². The van der Waals surface area contributed by atoms with Crippen LogP contribution in [0.5, 0.6) is 11.5 Å². The standard InChI is InChI=1S/C18H22FNO/c1-11-8-12(2)13(3)18(9-11)21-17-7-6-15(19)10-16(17)14(4)20-5/h6-10,14,20H,1-5H3. The molecule has 2 aromatic rings. The molecule has 0 aliphatic rings. The minimum Gasteiger partial charge on any atom is -0.457 e. The minimum absolute atomic E-state index is 0.0157. The second-order valence-electron chi connectivity index (χ2n) is 5.50. The van der Waals surface area contributed by atoms with Crippen molar-refractivity contribution in [1.29, 1.82) is 0 Å². The van der Waals surface area contributed by atoms with Crippen LogP contribution in [0.15, 0.2) is 30.3 Å². The Morgan fingerprint density at radius 3 is 2.43 bits per heavy atom. The summed E-state index contributed by atoms with van der Waals surface area (Å²) in [5.41, 5.74) is 4.26. The van der Waals surface area contributed by atoms with Crippen LogP contribution in [-0.2, 0) is 0 Å². The predicted octanol–water partition coefficient (Wildman–Crippen LogP) is 4.82. The van der Waals surface area contributed by atoms with Crippen LogP contribution in [0, 0.1) is 26.6 Å². The van der Waals surface area contributed by atoms with Gasteiger partial charge in [-0.2, -0.15) is 0 Å². The topological polar surface area (TPSA) is 21.3 Å². The first-order valence-corrected chi connectivity index (χ1v) is 7.14. The monoisotopic (exact) mass is 287 g/mol. The van der Waals surface area contributed by atoms with Gasteiger partial charge in [-0.05, 0) is 75.7 Å². The van der Waals surface area contributed by atoms with Crippen molar-refractivity contribution in [2.75, 3.05) is 7.05 Å². The summed E-state index contributed by atoms with van der Waals surface area (Å²) in [6.07, 6.45) is 0. The summed E-state index contributed by atoms with van der Waals surface area (Å²) < 4.78 is 19.6. The number of halogens is 1. The first-order valence-electron chi connectivity index (χ1n) is 7.14. The van der Waals surface area contributed by atoms with E-state index in [0.29, 0.717) is 5.75 Å². The maximum absolute atomic E-state index is 13.5. The van der Waals surface area contributed by atoms with Crippen LogP contribution < -0.4 is 10.1 Å². The van der Waals surface area contributed by atoms with Gasteiger partial charge in [0.05, 0.1) is 0 Å². The smallest absolute Gasteiger partial charge is 0.132 e. The average molecular weight is 287 g/mol. The summed E-state index contributed by atoms with van der Waals surface area (Å²) in [5, 5.41) is 3.13. The quantitative estimate of drug-likeness (QED) is 0.870. The fraction of sp³-hybridized carbons (Fsp3) is 0.333. The second kappa shape index (κ2) is 6.27. The van der Waals surface area contributed by atoms with Crippen molar-refractivity contribution < 1.29 is 9.13 Å². The van der Waals surface area contributed by atoms with E-state index in [4.69, 9.17) is 4.74 Å². The summed E-state index contributed by atoms with van der Waals surface area (Å²) in [6.45, 7) is 8.13. The molecule has 0 saturated carbocycles. The van der Waals surface area contributed by atoms with Gasteiger partial charge < -0.3 is 10.1 Å². The number of ether oxygens (including phenoxy) is 1. The summed E-state index contributed by atoms with van der Waals surface area (Å²) in [7, 11) is 1.85. The van der Waals surface area contributed by atoms with Gasteiger partial charge in [0.25, 0.3) is 0 Å². The van der Waals surface area contributed by atoms with Gasteiger partial charge >= 0.3 is 0 Å². The van der Waals surface area contributed by atoms with Crippen molar-refractivity contribution in [1.82, 2.24) is 5.32 Å². The lowest BCUT2D eigenvalue weighted by molar-refractivity contribution is 0.459. The summed E-state index contributed by atoms with van der Waals surface area (Å²) >= 11 is 0. The third-order valence-electron chi connectivity index (χ3n) is 3.86. The van der Waals surface area contributed by atoms with Gasteiger partial charge in [0.1, 0.15) is 17.3 Å². The Labute approximate surface area is 126 Å². The number of aryl methyl sites for hydroxylation is 2. The average Bonchev–Trinajstić information content (AvgIpc) is 2.45. The molecule has 2 aromatic carbocycles. The molecule has 112 valence electrons. The Morgan fingerprint density at radius 1 is 1.05 bits per heavy atom. The van der Waals surface area contributed by atoms with Crippen LogP contribution in [0.3, 0.4) is 0 Å². The molecule has 0 aliphatic heterocycles. The lowest BCUT2D eigenvalue weighted by Crippen LogP contribution is -2.13. The van der Waals surface area contributed by atoms with E-state index in [1.807, 2.05) is 33.9 Å². The number of benzene rings is 2. The van der Waals surface area contributed by atoms with Gasteiger partial charge in [-0.15, -0.1) is 0 Å². The van der Waals surface area contributed by atoms with E-state index in [0.717, 1.165) is 22.4 Å². The van der Waals surface area contributed by atoms with Gasteiger partial charge in [-0.25, -0.2) is 4.39 Å². The molecule has 3 heteroatoms. The van der Waals surface area contributed by atoms with Crippen LogP contribution in [0.4, 0.5) is 4.39 Å². The zero-order valence-corrected chi connectivity index (χ0v) is 13.3. The van der Waals surface area contributed by atoms with E-state index < -0.39 is 0 Å². The molecule has 0 spiro atoms. The summed E-state index contributed by atoms with van der Waals surface area (Å²) in [6, 6.07) is 8.80. The number of rotatable bonds is 4. The van der Waals surface area contributed by atoms with Crippen molar-refractivity contribution in [3.8, 4) is 11.5 Å². The van der Waals surface area contributed by atoms with E-state index in [9.17, 15) is 4.39 Å². The zero-order chi connectivity index (χ0) is 15.6. The molecular formula is C18H22FNO. The van der Waals surface area contributed by atoms with Gasteiger partial charge in [0.2, 0.25) is 0 Å². The highest BCUT2D eigenvalue weighted by Gasteiger charge is 2.14. The highest BCUT2D eigenvalue weighted by Crippen LogP contribution is 2.33. The van der Waals surface area contributed by atoms with Gasteiger partial charge in [0, 0.05) is 11.6 Å². The Kier molecular flexibility index (Phi) is 4.63. The minimum atomic E-state index is -0.253. The molecule has 0 fully saturated rings. The Bertz CT molecular complexity index is 652. The highest BCUT2D eigenvalue weighted by molar-refractivity contribution is 5.46. The van der Waals surface area contributed by atoms with Crippen LogP contribution >= 0.6 is 0 Å². The van der Waals surface area contributed by atoms with Crippen molar-refractivity contribution in [3.05, 3.63) is 58.4 Å². The molecule has 1 atom stereocenters. The molecule has 0 aliphatic carbocycles. The second-order valence-corrected chi connectivity index (χ2v) is 5.50. The molecule has 2 rings (SSSR count). The van der Waals surface area contributed by atoms with Crippen molar-refractivity contribution in [3.63, 3.8) is 0 Å².